The minimum atomic E-state index is -0.00722. The van der Waals surface area contributed by atoms with Crippen LogP contribution in [0, 0.1) is 0 Å². The molecular weight excluding hydrogens is 334 g/mol. The fraction of sp³-hybridized carbons (Fsp3) is 0.400. The van der Waals surface area contributed by atoms with Gasteiger partial charge in [-0.2, -0.15) is 5.10 Å². The first kappa shape index (κ1) is 15.7. The normalized spacial score (nSPS) is 10.7. The van der Waals surface area contributed by atoms with Gasteiger partial charge in [-0.05, 0) is 35.3 Å². The number of methoxy groups -OCH3 is 1. The third-order valence-electron chi connectivity index (χ3n) is 3.33. The molecule has 0 bridgehead atoms. The van der Waals surface area contributed by atoms with Gasteiger partial charge in [0.2, 0.25) is 0 Å². The summed E-state index contributed by atoms with van der Waals surface area (Å²) in [7, 11) is 1.54. The molecule has 0 aliphatic carbocycles. The summed E-state index contributed by atoms with van der Waals surface area (Å²) in [5, 5.41) is 4.51. The van der Waals surface area contributed by atoms with Gasteiger partial charge in [0.1, 0.15) is 5.75 Å². The summed E-state index contributed by atoms with van der Waals surface area (Å²) < 4.78 is 7.99. The van der Waals surface area contributed by atoms with E-state index in [-0.39, 0.29) is 12.2 Å². The maximum atomic E-state index is 12.5. The summed E-state index contributed by atoms with van der Waals surface area (Å²) in [4.78, 5) is 16.5. The molecule has 0 aromatic carbocycles. The lowest BCUT2D eigenvalue weighted by molar-refractivity contribution is 0.0987. The van der Waals surface area contributed by atoms with Gasteiger partial charge in [-0.3, -0.25) is 14.5 Å². The van der Waals surface area contributed by atoms with E-state index in [0.29, 0.717) is 11.3 Å². The number of ether oxygens (including phenoxy) is 1. The van der Waals surface area contributed by atoms with Crippen LogP contribution in [0.25, 0.3) is 0 Å². The van der Waals surface area contributed by atoms with Crippen LogP contribution in [0.4, 0.5) is 0 Å². The van der Waals surface area contributed by atoms with Crippen LogP contribution >= 0.6 is 15.9 Å². The van der Waals surface area contributed by atoms with Gasteiger partial charge in [0.25, 0.3) is 0 Å². The minimum absolute atomic E-state index is 0.00722. The van der Waals surface area contributed by atoms with Crippen LogP contribution in [-0.2, 0) is 19.4 Å². The number of hydrogen-bond acceptors (Lipinski definition) is 4. The maximum Gasteiger partial charge on any atom is 0.172 e. The van der Waals surface area contributed by atoms with Crippen LogP contribution < -0.4 is 4.74 Å². The molecule has 0 saturated heterocycles. The van der Waals surface area contributed by atoms with Crippen LogP contribution in [0.2, 0.25) is 0 Å². The van der Waals surface area contributed by atoms with Gasteiger partial charge >= 0.3 is 0 Å². The number of rotatable bonds is 6. The lowest BCUT2D eigenvalue weighted by Gasteiger charge is -2.08. The minimum Gasteiger partial charge on any atom is -0.494 e. The molecule has 2 rings (SSSR count). The average molecular weight is 352 g/mol. The van der Waals surface area contributed by atoms with E-state index in [1.165, 1.54) is 7.11 Å². The van der Waals surface area contributed by atoms with Gasteiger partial charge < -0.3 is 4.74 Å². The molecule has 6 heteroatoms. The third kappa shape index (κ3) is 3.15. The van der Waals surface area contributed by atoms with Crippen molar-refractivity contribution in [1.82, 2.24) is 14.8 Å². The molecule has 0 unspecified atom stereocenters. The molecule has 0 saturated carbocycles. The Morgan fingerprint density at radius 1 is 1.43 bits per heavy atom. The number of nitrogens with zero attached hydrogens (tertiary/aromatic N) is 3. The quantitative estimate of drug-likeness (QED) is 0.750. The van der Waals surface area contributed by atoms with E-state index in [1.807, 2.05) is 18.5 Å². The molecule has 0 aliphatic heterocycles. The first-order valence-corrected chi connectivity index (χ1v) is 7.66. The van der Waals surface area contributed by atoms with Crippen molar-refractivity contribution in [3.8, 4) is 5.75 Å². The zero-order valence-corrected chi connectivity index (χ0v) is 14.0. The SMILES string of the molecule is CCc1nn(CC)c(CC(=O)c2ccncc2OC)c1Br. The second-order valence-corrected chi connectivity index (χ2v) is 5.35. The number of ketones is 1. The van der Waals surface area contributed by atoms with Gasteiger partial charge in [0.05, 0.1) is 41.2 Å². The fourth-order valence-corrected chi connectivity index (χ4v) is 2.91. The van der Waals surface area contributed by atoms with Crippen molar-refractivity contribution in [2.75, 3.05) is 7.11 Å². The summed E-state index contributed by atoms with van der Waals surface area (Å²) in [5.41, 5.74) is 2.42. The number of carbonyl (C=O) groups excluding carboxylic acids is 1. The predicted octanol–water partition coefficient (Wildman–Crippen LogP) is 3.06. The zero-order valence-electron chi connectivity index (χ0n) is 12.4. The van der Waals surface area contributed by atoms with Gasteiger partial charge in [-0.15, -0.1) is 0 Å². The molecule has 0 N–H and O–H groups in total. The van der Waals surface area contributed by atoms with Crippen molar-refractivity contribution in [1.29, 1.82) is 0 Å². The summed E-state index contributed by atoms with van der Waals surface area (Å²) in [6, 6.07) is 1.68. The highest BCUT2D eigenvalue weighted by atomic mass is 79.9. The first-order chi connectivity index (χ1) is 10.1. The summed E-state index contributed by atoms with van der Waals surface area (Å²) in [6.07, 6.45) is 4.26. The molecule has 0 amide bonds. The molecule has 2 aromatic heterocycles. The molecule has 0 aliphatic rings. The Balaban J connectivity index is 2.33. The largest absolute Gasteiger partial charge is 0.494 e. The molecule has 0 radical (unpaired) electrons. The fourth-order valence-electron chi connectivity index (χ4n) is 2.21. The number of carbonyl (C=O) groups is 1. The topological polar surface area (TPSA) is 57.0 Å². The molecule has 5 nitrogen and oxygen atoms in total. The van der Waals surface area contributed by atoms with Crippen LogP contribution in [-0.4, -0.2) is 27.7 Å². The van der Waals surface area contributed by atoms with Gasteiger partial charge in [-0.1, -0.05) is 6.92 Å². The predicted molar refractivity (Wildman–Crippen MR) is 83.8 cm³/mol. The number of hydrogen-bond donors (Lipinski definition) is 0. The smallest absolute Gasteiger partial charge is 0.172 e. The van der Waals surface area contributed by atoms with E-state index in [4.69, 9.17) is 4.74 Å². The maximum absolute atomic E-state index is 12.5. The van der Waals surface area contributed by atoms with Crippen molar-refractivity contribution in [2.24, 2.45) is 0 Å². The molecular formula is C15H18BrN3O2. The molecule has 21 heavy (non-hydrogen) atoms. The van der Waals surface area contributed by atoms with E-state index in [2.05, 4.69) is 26.0 Å². The van der Waals surface area contributed by atoms with E-state index in [1.54, 1.807) is 18.5 Å². The van der Waals surface area contributed by atoms with E-state index < -0.39 is 0 Å². The molecule has 0 fully saturated rings. The second kappa shape index (κ2) is 6.85. The highest BCUT2D eigenvalue weighted by molar-refractivity contribution is 9.10. The average Bonchev–Trinajstić information content (AvgIpc) is 2.83. The van der Waals surface area contributed by atoms with Crippen LogP contribution in [0.5, 0.6) is 5.75 Å². The number of aromatic nitrogens is 3. The van der Waals surface area contributed by atoms with Crippen LogP contribution in [0.15, 0.2) is 22.9 Å². The van der Waals surface area contributed by atoms with E-state index >= 15 is 0 Å². The Morgan fingerprint density at radius 3 is 2.81 bits per heavy atom. The van der Waals surface area contributed by atoms with Gasteiger partial charge in [0.15, 0.2) is 5.78 Å². The zero-order chi connectivity index (χ0) is 15.4. The Kier molecular flexibility index (Phi) is 5.12. The summed E-state index contributed by atoms with van der Waals surface area (Å²) in [5.74, 6) is 0.490. The summed E-state index contributed by atoms with van der Waals surface area (Å²) >= 11 is 3.56. The van der Waals surface area contributed by atoms with Crippen molar-refractivity contribution < 1.29 is 9.53 Å². The number of aryl methyl sites for hydroxylation is 2. The molecule has 0 atom stereocenters. The van der Waals surface area contributed by atoms with Gasteiger partial charge in [0, 0.05) is 12.7 Å². The van der Waals surface area contributed by atoms with E-state index in [9.17, 15) is 4.79 Å². The Morgan fingerprint density at radius 2 is 2.19 bits per heavy atom. The highest BCUT2D eigenvalue weighted by Gasteiger charge is 2.19. The Labute approximate surface area is 132 Å². The first-order valence-electron chi connectivity index (χ1n) is 6.87. The molecule has 0 spiro atoms. The van der Waals surface area contributed by atoms with Crippen molar-refractivity contribution in [3.05, 3.63) is 39.9 Å². The van der Waals surface area contributed by atoms with Crippen LogP contribution in [0.1, 0.15) is 35.6 Å². The number of pyridine rings is 1. The number of halogens is 1. The number of Topliss-reactive ketones (excluding diaryl/α,β-unsaturated/α-hetero) is 1. The standard InChI is InChI=1S/C15H18BrN3O2/c1-4-11-15(16)12(19(5-2)18-11)8-13(20)10-6-7-17-9-14(10)21-3/h6-7,9H,4-5,8H2,1-3H3. The van der Waals surface area contributed by atoms with Crippen molar-refractivity contribution in [3.63, 3.8) is 0 Å². The lowest BCUT2D eigenvalue weighted by atomic mass is 10.1. The van der Waals surface area contributed by atoms with Crippen LogP contribution in [0.3, 0.4) is 0 Å². The van der Waals surface area contributed by atoms with Crippen molar-refractivity contribution >= 4 is 21.7 Å². The summed E-state index contributed by atoms with van der Waals surface area (Å²) in [6.45, 7) is 4.79. The third-order valence-corrected chi connectivity index (χ3v) is 4.24. The van der Waals surface area contributed by atoms with E-state index in [0.717, 1.165) is 28.8 Å². The molecule has 2 heterocycles. The Hall–Kier alpha value is -1.69. The Bertz CT molecular complexity index is 652. The van der Waals surface area contributed by atoms with Gasteiger partial charge in [-0.25, -0.2) is 0 Å². The monoisotopic (exact) mass is 351 g/mol. The van der Waals surface area contributed by atoms with Crippen molar-refractivity contribution in [2.45, 2.75) is 33.2 Å². The lowest BCUT2D eigenvalue weighted by Crippen LogP contribution is -2.11. The molecule has 2 aromatic rings. The molecule has 112 valence electrons. The highest BCUT2D eigenvalue weighted by Crippen LogP contribution is 2.25. The second-order valence-electron chi connectivity index (χ2n) is 4.55.